The van der Waals surface area contributed by atoms with Crippen molar-refractivity contribution in [3.63, 3.8) is 0 Å². The first kappa shape index (κ1) is 14.7. The molecule has 1 amide bonds. The SMILES string of the molecule is CCC(C)(CCN)NC(=O)c1c(C)cccc1C. The number of aryl methyl sites for hydroxylation is 2. The Bertz CT molecular complexity index is 408. The van der Waals surface area contributed by atoms with Gasteiger partial charge in [0.25, 0.3) is 5.91 Å². The molecule has 0 bridgehead atoms. The molecule has 3 N–H and O–H groups in total. The maximum Gasteiger partial charge on any atom is 0.252 e. The maximum atomic E-state index is 12.4. The lowest BCUT2D eigenvalue weighted by Crippen LogP contribution is -2.47. The van der Waals surface area contributed by atoms with Crippen LogP contribution < -0.4 is 11.1 Å². The fourth-order valence-corrected chi connectivity index (χ4v) is 2.16. The fourth-order valence-electron chi connectivity index (χ4n) is 2.16. The van der Waals surface area contributed by atoms with Crippen LogP contribution >= 0.6 is 0 Å². The van der Waals surface area contributed by atoms with Crippen molar-refractivity contribution in [1.29, 1.82) is 0 Å². The van der Waals surface area contributed by atoms with Crippen molar-refractivity contribution in [2.75, 3.05) is 6.54 Å². The average molecular weight is 248 g/mol. The maximum absolute atomic E-state index is 12.4. The van der Waals surface area contributed by atoms with Gasteiger partial charge in [-0.15, -0.1) is 0 Å². The van der Waals surface area contributed by atoms with E-state index in [9.17, 15) is 4.79 Å². The highest BCUT2D eigenvalue weighted by Crippen LogP contribution is 2.18. The van der Waals surface area contributed by atoms with Crippen LogP contribution in [0, 0.1) is 13.8 Å². The lowest BCUT2D eigenvalue weighted by atomic mass is 9.93. The Hall–Kier alpha value is -1.35. The zero-order valence-electron chi connectivity index (χ0n) is 11.8. The number of nitrogens with one attached hydrogen (secondary N) is 1. The van der Waals surface area contributed by atoms with E-state index in [0.29, 0.717) is 6.54 Å². The van der Waals surface area contributed by atoms with Crippen molar-refractivity contribution in [3.8, 4) is 0 Å². The molecule has 0 radical (unpaired) electrons. The smallest absolute Gasteiger partial charge is 0.252 e. The third-order valence-electron chi connectivity index (χ3n) is 3.60. The summed E-state index contributed by atoms with van der Waals surface area (Å²) in [4.78, 5) is 12.4. The summed E-state index contributed by atoms with van der Waals surface area (Å²) in [6, 6.07) is 5.91. The van der Waals surface area contributed by atoms with Crippen LogP contribution in [-0.4, -0.2) is 18.0 Å². The number of hydrogen-bond acceptors (Lipinski definition) is 2. The first-order valence-corrected chi connectivity index (χ1v) is 6.52. The standard InChI is InChI=1S/C15H24N2O/c1-5-15(4,9-10-16)17-14(18)13-11(2)7-6-8-12(13)3/h6-8H,5,9-10,16H2,1-4H3,(H,17,18). The van der Waals surface area contributed by atoms with Crippen molar-refractivity contribution < 1.29 is 4.79 Å². The molecule has 1 unspecified atom stereocenters. The molecule has 0 aliphatic rings. The molecule has 100 valence electrons. The minimum absolute atomic E-state index is 0.00315. The number of nitrogens with two attached hydrogens (primary N) is 1. The molecule has 18 heavy (non-hydrogen) atoms. The molecule has 3 nitrogen and oxygen atoms in total. The molecule has 0 saturated heterocycles. The van der Waals surface area contributed by atoms with Crippen molar-refractivity contribution in [3.05, 3.63) is 34.9 Å². The van der Waals surface area contributed by atoms with Gasteiger partial charge in [-0.2, -0.15) is 0 Å². The third kappa shape index (κ3) is 3.33. The lowest BCUT2D eigenvalue weighted by Gasteiger charge is -2.29. The second kappa shape index (κ2) is 6.01. The Balaban J connectivity index is 2.95. The van der Waals surface area contributed by atoms with Crippen molar-refractivity contribution in [1.82, 2.24) is 5.32 Å². The Labute approximate surface area is 110 Å². The van der Waals surface area contributed by atoms with Crippen LogP contribution in [0.3, 0.4) is 0 Å². The topological polar surface area (TPSA) is 55.1 Å². The van der Waals surface area contributed by atoms with Crippen LogP contribution in [0.4, 0.5) is 0 Å². The van der Waals surface area contributed by atoms with Gasteiger partial charge in [-0.25, -0.2) is 0 Å². The van der Waals surface area contributed by atoms with Crippen LogP contribution in [0.25, 0.3) is 0 Å². The van der Waals surface area contributed by atoms with Gasteiger partial charge >= 0.3 is 0 Å². The summed E-state index contributed by atoms with van der Waals surface area (Å²) in [5.41, 5.74) is 8.20. The summed E-state index contributed by atoms with van der Waals surface area (Å²) >= 11 is 0. The molecule has 1 atom stereocenters. The molecule has 0 aromatic heterocycles. The average Bonchev–Trinajstić information content (AvgIpc) is 2.29. The summed E-state index contributed by atoms with van der Waals surface area (Å²) in [5, 5.41) is 3.12. The van der Waals surface area contributed by atoms with E-state index in [0.717, 1.165) is 29.5 Å². The largest absolute Gasteiger partial charge is 0.347 e. The summed E-state index contributed by atoms with van der Waals surface area (Å²) in [5.74, 6) is 0.00315. The van der Waals surface area contributed by atoms with E-state index in [-0.39, 0.29) is 11.4 Å². The molecule has 0 saturated carbocycles. The van der Waals surface area contributed by atoms with Crippen LogP contribution in [0.15, 0.2) is 18.2 Å². The van der Waals surface area contributed by atoms with Gasteiger partial charge in [-0.1, -0.05) is 25.1 Å². The van der Waals surface area contributed by atoms with Crippen LogP contribution in [-0.2, 0) is 0 Å². The highest BCUT2D eigenvalue weighted by Gasteiger charge is 2.25. The van der Waals surface area contributed by atoms with Crippen molar-refractivity contribution in [2.45, 2.75) is 46.1 Å². The molecular weight excluding hydrogens is 224 g/mol. The van der Waals surface area contributed by atoms with E-state index in [1.54, 1.807) is 0 Å². The van der Waals surface area contributed by atoms with E-state index in [1.807, 2.05) is 39.0 Å². The van der Waals surface area contributed by atoms with E-state index < -0.39 is 0 Å². The molecule has 1 aromatic carbocycles. The predicted molar refractivity (Wildman–Crippen MR) is 75.7 cm³/mol. The number of rotatable bonds is 5. The zero-order chi connectivity index (χ0) is 13.8. The minimum Gasteiger partial charge on any atom is -0.347 e. The van der Waals surface area contributed by atoms with Crippen LogP contribution in [0.2, 0.25) is 0 Å². The fraction of sp³-hybridized carbons (Fsp3) is 0.533. The number of benzene rings is 1. The van der Waals surface area contributed by atoms with E-state index in [4.69, 9.17) is 5.73 Å². The predicted octanol–water partition coefficient (Wildman–Crippen LogP) is 2.55. The van der Waals surface area contributed by atoms with Gasteiger partial charge in [-0.3, -0.25) is 4.79 Å². The quantitative estimate of drug-likeness (QED) is 0.841. The second-order valence-corrected chi connectivity index (χ2v) is 5.17. The second-order valence-electron chi connectivity index (χ2n) is 5.17. The molecule has 0 fully saturated rings. The summed E-state index contributed by atoms with van der Waals surface area (Å²) in [6.45, 7) is 8.63. The van der Waals surface area contributed by atoms with Gasteiger partial charge in [-0.05, 0) is 51.3 Å². The number of amides is 1. The first-order chi connectivity index (χ1) is 8.43. The normalized spacial score (nSPS) is 14.1. The molecule has 0 aliphatic heterocycles. The molecule has 1 rings (SSSR count). The van der Waals surface area contributed by atoms with Gasteiger partial charge < -0.3 is 11.1 Å². The van der Waals surface area contributed by atoms with Gasteiger partial charge in [0.1, 0.15) is 0 Å². The highest BCUT2D eigenvalue weighted by atomic mass is 16.1. The lowest BCUT2D eigenvalue weighted by molar-refractivity contribution is 0.0898. The summed E-state index contributed by atoms with van der Waals surface area (Å²) in [7, 11) is 0. The van der Waals surface area contributed by atoms with Crippen LogP contribution in [0.1, 0.15) is 48.2 Å². The Kier molecular flexibility index (Phi) is 4.91. The van der Waals surface area contributed by atoms with Gasteiger partial charge in [0.05, 0.1) is 0 Å². The molecule has 0 heterocycles. The molecular formula is C15H24N2O. The van der Waals surface area contributed by atoms with E-state index >= 15 is 0 Å². The Morgan fingerprint density at radius 1 is 1.33 bits per heavy atom. The first-order valence-electron chi connectivity index (χ1n) is 6.52. The molecule has 0 aliphatic carbocycles. The summed E-state index contributed by atoms with van der Waals surface area (Å²) in [6.07, 6.45) is 1.67. The third-order valence-corrected chi connectivity index (χ3v) is 3.60. The molecule has 0 spiro atoms. The Morgan fingerprint density at radius 2 is 1.89 bits per heavy atom. The van der Waals surface area contributed by atoms with Crippen LogP contribution in [0.5, 0.6) is 0 Å². The molecule has 1 aromatic rings. The Morgan fingerprint density at radius 3 is 2.33 bits per heavy atom. The minimum atomic E-state index is -0.222. The van der Waals surface area contributed by atoms with Gasteiger partial charge in [0, 0.05) is 11.1 Å². The highest BCUT2D eigenvalue weighted by molar-refractivity contribution is 5.97. The summed E-state index contributed by atoms with van der Waals surface area (Å²) < 4.78 is 0. The number of carbonyl (C=O) groups excluding carboxylic acids is 1. The van der Waals surface area contributed by atoms with Crippen molar-refractivity contribution in [2.24, 2.45) is 5.73 Å². The van der Waals surface area contributed by atoms with E-state index in [1.165, 1.54) is 0 Å². The zero-order valence-corrected chi connectivity index (χ0v) is 11.8. The van der Waals surface area contributed by atoms with Gasteiger partial charge in [0.15, 0.2) is 0 Å². The number of carbonyl (C=O) groups is 1. The monoisotopic (exact) mass is 248 g/mol. The van der Waals surface area contributed by atoms with Crippen molar-refractivity contribution >= 4 is 5.91 Å². The molecule has 3 heteroatoms. The van der Waals surface area contributed by atoms with Gasteiger partial charge in [0.2, 0.25) is 0 Å². The van der Waals surface area contributed by atoms with E-state index in [2.05, 4.69) is 12.2 Å². The number of hydrogen-bond donors (Lipinski definition) is 2.